The molecule has 0 saturated heterocycles. The van der Waals surface area contributed by atoms with Crippen LogP contribution in [-0.4, -0.2) is 196 Å². The lowest BCUT2D eigenvalue weighted by Crippen LogP contribution is -2.48. The van der Waals surface area contributed by atoms with E-state index < -0.39 is 46.5 Å². The summed E-state index contributed by atoms with van der Waals surface area (Å²) in [5, 5.41) is 30.3. The van der Waals surface area contributed by atoms with Crippen LogP contribution in [0.2, 0.25) is 0 Å². The van der Waals surface area contributed by atoms with Crippen molar-refractivity contribution in [3.05, 3.63) is 91.5 Å². The van der Waals surface area contributed by atoms with Crippen molar-refractivity contribution in [2.75, 3.05) is 152 Å². The summed E-state index contributed by atoms with van der Waals surface area (Å²) in [6.07, 6.45) is 0.404. The van der Waals surface area contributed by atoms with E-state index >= 15 is 4.39 Å². The molecular formula is C64H92FN5O18. The van der Waals surface area contributed by atoms with Crippen molar-refractivity contribution < 1.29 is 85.8 Å². The van der Waals surface area contributed by atoms with E-state index in [2.05, 4.69) is 29.7 Å². The second-order valence-electron chi connectivity index (χ2n) is 22.6. The molecule has 2 amide bonds. The summed E-state index contributed by atoms with van der Waals surface area (Å²) < 4.78 is 89.2. The Morgan fingerprint density at radius 3 is 1.72 bits per heavy atom. The summed E-state index contributed by atoms with van der Waals surface area (Å²) in [5.41, 5.74) is 4.17. The second kappa shape index (κ2) is 35.8. The largest absolute Gasteiger partial charge is 0.491 e. The number of nitrogens with one attached hydrogen (secondary N) is 2. The predicted octanol–water partition coefficient (Wildman–Crippen LogP) is 5.60. The Hall–Kier alpha value is -5.42. The van der Waals surface area contributed by atoms with Crippen LogP contribution in [-0.2, 0) is 91.6 Å². The van der Waals surface area contributed by atoms with Crippen LogP contribution in [0.1, 0.15) is 106 Å². The maximum Gasteiger partial charge on any atom is 0.257 e. The first-order valence-electron chi connectivity index (χ1n) is 30.7. The molecule has 24 heteroatoms. The molecule has 4 aromatic rings. The molecule has 2 aliphatic heterocycles. The zero-order valence-corrected chi connectivity index (χ0v) is 52.3. The number of benzene rings is 2. The van der Waals surface area contributed by atoms with Crippen molar-refractivity contribution in [2.45, 2.75) is 105 Å². The van der Waals surface area contributed by atoms with E-state index in [9.17, 15) is 24.6 Å². The van der Waals surface area contributed by atoms with Crippen LogP contribution in [0, 0.1) is 24.1 Å². The Morgan fingerprint density at radius 2 is 1.23 bits per heavy atom. The van der Waals surface area contributed by atoms with Gasteiger partial charge in [-0.15, -0.1) is 0 Å². The number of ether oxygens (including phenoxy) is 13. The van der Waals surface area contributed by atoms with E-state index in [1.165, 1.54) is 24.5 Å². The number of hydrogen-bond acceptors (Lipinski definition) is 20. The average molecular weight is 1240 g/mol. The van der Waals surface area contributed by atoms with Crippen molar-refractivity contribution in [1.82, 2.24) is 20.3 Å². The number of aliphatic hydroxyl groups is 2. The van der Waals surface area contributed by atoms with Gasteiger partial charge in [0.05, 0.1) is 181 Å². The van der Waals surface area contributed by atoms with Crippen LogP contribution in [0.25, 0.3) is 22.3 Å². The Balaban J connectivity index is 0.695. The summed E-state index contributed by atoms with van der Waals surface area (Å²) in [6, 6.07) is 9.58. The predicted molar refractivity (Wildman–Crippen MR) is 324 cm³/mol. The number of carbonyl (C=O) groups is 2. The number of fused-ring (bicyclic) bond motifs is 5. The monoisotopic (exact) mass is 1240 g/mol. The van der Waals surface area contributed by atoms with Gasteiger partial charge in [0.2, 0.25) is 5.91 Å². The highest BCUT2D eigenvalue weighted by atomic mass is 19.1. The van der Waals surface area contributed by atoms with Crippen LogP contribution in [0.15, 0.2) is 46.3 Å². The molecule has 0 fully saturated rings. The third-order valence-electron chi connectivity index (χ3n) is 15.6. The molecule has 4 heterocycles. The van der Waals surface area contributed by atoms with Crippen LogP contribution in [0.5, 0.6) is 5.75 Å². The molecule has 1 unspecified atom stereocenters. The number of aryl methyl sites for hydroxylation is 1. The molecule has 1 aliphatic carbocycles. The summed E-state index contributed by atoms with van der Waals surface area (Å²) in [7, 11) is 0. The van der Waals surface area contributed by atoms with Gasteiger partial charge in [-0.2, -0.15) is 5.10 Å². The number of rotatable bonds is 43. The molecule has 2 aromatic heterocycles. The van der Waals surface area contributed by atoms with Gasteiger partial charge in [-0.05, 0) is 112 Å². The molecule has 3 atom stereocenters. The summed E-state index contributed by atoms with van der Waals surface area (Å²) in [5.74, 6) is -0.359. The number of hydrogen-bond donors (Lipinski definition) is 4. The summed E-state index contributed by atoms with van der Waals surface area (Å²) in [4.78, 5) is 47.0. The van der Waals surface area contributed by atoms with Gasteiger partial charge >= 0.3 is 0 Å². The molecular weight excluding hydrogens is 1150 g/mol. The third kappa shape index (κ3) is 19.5. The zero-order chi connectivity index (χ0) is 62.9. The molecule has 2 aromatic carbocycles. The van der Waals surface area contributed by atoms with Crippen LogP contribution >= 0.6 is 0 Å². The van der Waals surface area contributed by atoms with E-state index in [0.717, 1.165) is 24.2 Å². The minimum atomic E-state index is -1.84. The molecule has 4 N–H and O–H groups in total. The molecule has 0 spiro atoms. The lowest BCUT2D eigenvalue weighted by Gasteiger charge is -2.37. The van der Waals surface area contributed by atoms with Crippen molar-refractivity contribution in [3.8, 4) is 17.1 Å². The minimum Gasteiger partial charge on any atom is -0.491 e. The van der Waals surface area contributed by atoms with E-state index in [4.69, 9.17) is 66.6 Å². The fraction of sp³-hybridized carbons (Fsp3) is 0.641. The van der Waals surface area contributed by atoms with Gasteiger partial charge in [-0.1, -0.05) is 20.8 Å². The van der Waals surface area contributed by atoms with Crippen molar-refractivity contribution in [1.29, 1.82) is 0 Å². The fourth-order valence-corrected chi connectivity index (χ4v) is 10.2. The molecule has 23 nitrogen and oxygen atoms in total. The van der Waals surface area contributed by atoms with E-state index in [1.807, 2.05) is 12.1 Å². The van der Waals surface area contributed by atoms with Crippen molar-refractivity contribution in [3.63, 3.8) is 0 Å². The number of nitrogens with zero attached hydrogens (tertiary/aromatic N) is 3. The highest BCUT2D eigenvalue weighted by Gasteiger charge is 2.46. The van der Waals surface area contributed by atoms with E-state index in [-0.39, 0.29) is 30.7 Å². The van der Waals surface area contributed by atoms with Crippen LogP contribution in [0.4, 0.5) is 4.39 Å². The van der Waals surface area contributed by atoms with E-state index in [0.29, 0.717) is 215 Å². The lowest BCUT2D eigenvalue weighted by atomic mass is 9.81. The fourth-order valence-electron chi connectivity index (χ4n) is 10.2. The third-order valence-corrected chi connectivity index (χ3v) is 15.6. The van der Waals surface area contributed by atoms with Gasteiger partial charge in [-0.3, -0.25) is 14.4 Å². The average Bonchev–Trinajstić information content (AvgIpc) is 1.46. The number of pyridine rings is 2. The quantitative estimate of drug-likeness (QED) is 0.0160. The first-order chi connectivity index (χ1) is 42.6. The Bertz CT molecular complexity index is 2940. The number of aliphatic hydroxyl groups excluding tert-OH is 1. The SMILES string of the molecule is CC[C@@]1(O)c2cc3n(c(=O)c2COC1O)Cc1c-3nc2cc(F)c(C)c3c2c1[C@H](NC(=O)C(C)(C)C(=O)N/N=C(/C)c1ccc(OCCOCCOCCOCCOCCOCCOCCOCCOCCOCCOCCOCCC(C)C)cc1)CC3. The Morgan fingerprint density at radius 1 is 0.739 bits per heavy atom. The lowest BCUT2D eigenvalue weighted by molar-refractivity contribution is -0.236. The maximum atomic E-state index is 15.5. The molecule has 0 saturated carbocycles. The standard InChI is InChI=1S/C64H92FN5O18/c1-8-64(75)51-39-55-58-49(41-70(55)59(71)50(51)42-88-62(64)74)57-53(14-13-48-44(4)52(65)40-54(66-58)56(48)57)67-60(72)63(6,7)61(73)69-68-45(5)46-9-11-47(12-10-46)87-38-37-86-36-35-85-34-33-84-32-31-83-30-29-82-28-27-81-26-25-80-24-23-79-22-21-78-20-19-77-18-17-76-16-15-43(2)3/h9-12,39-40,43,53,62,74-75H,8,13-38,41-42H2,1-7H3,(H,67,72)(H,69,73)/b68-45-/t53-,62?,64-/m1/s1. The Labute approximate surface area is 515 Å². The summed E-state index contributed by atoms with van der Waals surface area (Å²) >= 11 is 0. The zero-order valence-electron chi connectivity index (χ0n) is 52.3. The number of carbonyl (C=O) groups excluding carboxylic acids is 2. The van der Waals surface area contributed by atoms with E-state index in [1.54, 1.807) is 39.0 Å². The van der Waals surface area contributed by atoms with Crippen molar-refractivity contribution in [2.24, 2.45) is 16.4 Å². The van der Waals surface area contributed by atoms with Gasteiger partial charge in [0.15, 0.2) is 6.29 Å². The number of amides is 2. The smallest absolute Gasteiger partial charge is 0.257 e. The van der Waals surface area contributed by atoms with Gasteiger partial charge < -0.3 is 81.7 Å². The highest BCUT2D eigenvalue weighted by Crippen LogP contribution is 2.46. The Kier molecular flexibility index (Phi) is 28.5. The van der Waals surface area contributed by atoms with Crippen LogP contribution < -0.4 is 21.0 Å². The van der Waals surface area contributed by atoms with Gasteiger partial charge in [-0.25, -0.2) is 14.8 Å². The minimum absolute atomic E-state index is 0.0715. The molecule has 88 heavy (non-hydrogen) atoms. The normalized spacial score (nSPS) is 17.1. The number of halogens is 1. The van der Waals surface area contributed by atoms with Crippen LogP contribution in [0.3, 0.4) is 0 Å². The molecule has 7 rings (SSSR count). The molecule has 0 bridgehead atoms. The van der Waals surface area contributed by atoms with Gasteiger partial charge in [0, 0.05) is 34.7 Å². The molecule has 3 aliphatic rings. The van der Waals surface area contributed by atoms with Gasteiger partial charge in [0.25, 0.3) is 11.5 Å². The highest BCUT2D eigenvalue weighted by molar-refractivity contribution is 6.06. The van der Waals surface area contributed by atoms with Gasteiger partial charge in [0.1, 0.15) is 29.2 Å². The molecule has 488 valence electrons. The topological polar surface area (TPSA) is 266 Å². The maximum absolute atomic E-state index is 15.5. The number of hydrazone groups is 1. The van der Waals surface area contributed by atoms with Crippen molar-refractivity contribution >= 4 is 28.4 Å². The first kappa shape index (κ1) is 70.0. The first-order valence-corrected chi connectivity index (χ1v) is 30.7. The second-order valence-corrected chi connectivity index (χ2v) is 22.6. The molecule has 0 radical (unpaired) electrons. The summed E-state index contributed by atoms with van der Waals surface area (Å²) in [6.45, 7) is 23.5. The number of aromatic nitrogens is 2.